The average Bonchev–Trinajstić information content (AvgIpc) is 2.52. The molecule has 2 rings (SSSR count). The highest BCUT2D eigenvalue weighted by atomic mass is 35.5. The second kappa shape index (κ2) is 7.05. The van der Waals surface area contributed by atoms with Crippen LogP contribution in [0.15, 0.2) is 21.3 Å². The van der Waals surface area contributed by atoms with Crippen LogP contribution in [-0.4, -0.2) is 25.0 Å². The number of carbonyl (C=O) groups is 2. The van der Waals surface area contributed by atoms with Crippen molar-refractivity contribution in [1.29, 1.82) is 0 Å². The Labute approximate surface area is 143 Å². The van der Waals surface area contributed by atoms with E-state index in [1.54, 1.807) is 19.9 Å². The number of halogens is 1. The zero-order chi connectivity index (χ0) is 18.0. The van der Waals surface area contributed by atoms with Crippen LogP contribution in [-0.2, 0) is 20.7 Å². The van der Waals surface area contributed by atoms with Crippen molar-refractivity contribution in [3.63, 3.8) is 0 Å². The third kappa shape index (κ3) is 3.59. The normalized spacial score (nSPS) is 12.0. The highest BCUT2D eigenvalue weighted by Gasteiger charge is 2.18. The number of benzene rings is 1. The second-order valence-electron chi connectivity index (χ2n) is 5.40. The summed E-state index contributed by atoms with van der Waals surface area (Å²) in [5, 5.41) is 0.859. The van der Waals surface area contributed by atoms with Gasteiger partial charge in [0.1, 0.15) is 11.3 Å². The molecule has 0 aliphatic heterocycles. The van der Waals surface area contributed by atoms with E-state index >= 15 is 0 Å². The van der Waals surface area contributed by atoms with Crippen LogP contribution in [0.2, 0.25) is 5.02 Å². The fraction of sp³-hybridized carbons (Fsp3) is 0.353. The van der Waals surface area contributed by atoms with Gasteiger partial charge in [0.25, 0.3) is 0 Å². The Morgan fingerprint density at radius 2 is 2.00 bits per heavy atom. The summed E-state index contributed by atoms with van der Waals surface area (Å²) in [5.74, 6) is -0.446. The minimum atomic E-state index is -0.675. The Kier molecular flexibility index (Phi) is 5.29. The summed E-state index contributed by atoms with van der Waals surface area (Å²) in [6.45, 7) is 4.71. The van der Waals surface area contributed by atoms with E-state index in [9.17, 15) is 14.4 Å². The van der Waals surface area contributed by atoms with Gasteiger partial charge in [0.2, 0.25) is 0 Å². The quantitative estimate of drug-likeness (QED) is 0.608. The van der Waals surface area contributed by atoms with Gasteiger partial charge in [-0.15, -0.1) is 0 Å². The van der Waals surface area contributed by atoms with Crippen molar-refractivity contribution < 1.29 is 23.5 Å². The van der Waals surface area contributed by atoms with Gasteiger partial charge in [-0.3, -0.25) is 9.59 Å². The number of esters is 1. The van der Waals surface area contributed by atoms with Crippen LogP contribution in [0.25, 0.3) is 11.0 Å². The molecule has 0 fully saturated rings. The molecule has 1 atom stereocenters. The molecule has 6 nitrogen and oxygen atoms in total. The maximum absolute atomic E-state index is 12.1. The average molecular weight is 353 g/mol. The molecule has 0 radical (unpaired) electrons. The summed E-state index contributed by atoms with van der Waals surface area (Å²) in [6.07, 6.45) is -0.857. The lowest BCUT2D eigenvalue weighted by atomic mass is 10.0. The molecule has 0 saturated heterocycles. The van der Waals surface area contributed by atoms with Crippen LogP contribution in [0.5, 0.6) is 5.75 Å². The lowest BCUT2D eigenvalue weighted by molar-refractivity contribution is -0.139. The fourth-order valence-corrected chi connectivity index (χ4v) is 2.38. The van der Waals surface area contributed by atoms with Crippen molar-refractivity contribution in [2.45, 2.75) is 33.3 Å². The first-order valence-electron chi connectivity index (χ1n) is 7.24. The predicted molar refractivity (Wildman–Crippen MR) is 88.7 cm³/mol. The first-order valence-corrected chi connectivity index (χ1v) is 7.62. The number of hydrogen-bond donors (Lipinski definition) is 0. The standard InChI is InChI=1S/C17H17ClO6/c1-8-11-5-13(18)15(23-10(3)9(2)19)7-14(11)24-17(21)12(8)6-16(20)22-4/h5,7,10H,6H2,1-4H3/t10-/m1/s1. The summed E-state index contributed by atoms with van der Waals surface area (Å²) >= 11 is 6.20. The topological polar surface area (TPSA) is 82.8 Å². The summed E-state index contributed by atoms with van der Waals surface area (Å²) in [7, 11) is 1.25. The third-order valence-corrected chi connectivity index (χ3v) is 4.06. The maximum Gasteiger partial charge on any atom is 0.340 e. The zero-order valence-electron chi connectivity index (χ0n) is 13.8. The molecule has 24 heavy (non-hydrogen) atoms. The van der Waals surface area contributed by atoms with E-state index in [0.29, 0.717) is 10.9 Å². The monoisotopic (exact) mass is 352 g/mol. The van der Waals surface area contributed by atoms with E-state index in [4.69, 9.17) is 20.8 Å². The van der Waals surface area contributed by atoms with Crippen molar-refractivity contribution in [2.24, 2.45) is 0 Å². The van der Waals surface area contributed by atoms with Gasteiger partial charge in [-0.05, 0) is 32.4 Å². The molecule has 0 unspecified atom stereocenters. The lowest BCUT2D eigenvalue weighted by Crippen LogP contribution is -2.21. The van der Waals surface area contributed by atoms with Crippen molar-refractivity contribution in [1.82, 2.24) is 0 Å². The Morgan fingerprint density at radius 3 is 2.58 bits per heavy atom. The van der Waals surface area contributed by atoms with E-state index in [2.05, 4.69) is 4.74 Å². The van der Waals surface area contributed by atoms with Crippen molar-refractivity contribution >= 4 is 34.3 Å². The van der Waals surface area contributed by atoms with E-state index in [1.165, 1.54) is 20.1 Å². The Balaban J connectivity index is 2.55. The smallest absolute Gasteiger partial charge is 0.340 e. The summed E-state index contributed by atoms with van der Waals surface area (Å²) in [5.41, 5.74) is 0.440. The summed E-state index contributed by atoms with van der Waals surface area (Å²) in [4.78, 5) is 34.9. The zero-order valence-corrected chi connectivity index (χ0v) is 14.5. The third-order valence-electron chi connectivity index (χ3n) is 3.76. The van der Waals surface area contributed by atoms with Crippen LogP contribution in [0, 0.1) is 6.92 Å². The van der Waals surface area contributed by atoms with Crippen molar-refractivity contribution in [3.05, 3.63) is 38.7 Å². The van der Waals surface area contributed by atoms with E-state index in [1.807, 2.05) is 0 Å². The molecule has 7 heteroatoms. The number of ketones is 1. The number of fused-ring (bicyclic) bond motifs is 1. The van der Waals surface area contributed by atoms with E-state index in [0.717, 1.165) is 0 Å². The van der Waals surface area contributed by atoms with Crippen LogP contribution in [0.3, 0.4) is 0 Å². The lowest BCUT2D eigenvalue weighted by Gasteiger charge is -2.14. The molecule has 0 aliphatic rings. The molecule has 0 saturated carbocycles. The van der Waals surface area contributed by atoms with Gasteiger partial charge < -0.3 is 13.9 Å². The van der Waals surface area contributed by atoms with Gasteiger partial charge in [0, 0.05) is 11.5 Å². The SMILES string of the molecule is COC(=O)Cc1c(C)c2cc(Cl)c(O[C@H](C)C(C)=O)cc2oc1=O. The Bertz CT molecular complexity index is 867. The van der Waals surface area contributed by atoms with Crippen LogP contribution in [0.4, 0.5) is 0 Å². The van der Waals surface area contributed by atoms with Crippen molar-refractivity contribution in [2.75, 3.05) is 7.11 Å². The number of methoxy groups -OCH3 is 1. The molecule has 0 N–H and O–H groups in total. The van der Waals surface area contributed by atoms with Gasteiger partial charge in [-0.1, -0.05) is 11.6 Å². The maximum atomic E-state index is 12.1. The number of carbonyl (C=O) groups excluding carboxylic acids is 2. The number of ether oxygens (including phenoxy) is 2. The molecular formula is C17H17ClO6. The van der Waals surface area contributed by atoms with Gasteiger partial charge in [-0.2, -0.15) is 0 Å². The van der Waals surface area contributed by atoms with Crippen LogP contribution < -0.4 is 10.4 Å². The van der Waals surface area contributed by atoms with Gasteiger partial charge in [-0.25, -0.2) is 4.79 Å². The van der Waals surface area contributed by atoms with E-state index in [-0.39, 0.29) is 34.1 Å². The molecular weight excluding hydrogens is 336 g/mol. The number of Topliss-reactive ketones (excluding diaryl/α,β-unsaturated/α-hetero) is 1. The van der Waals surface area contributed by atoms with Gasteiger partial charge in [0.05, 0.1) is 24.1 Å². The first kappa shape index (κ1) is 18.0. The fourth-order valence-electron chi connectivity index (χ4n) is 2.17. The van der Waals surface area contributed by atoms with Gasteiger partial charge >= 0.3 is 11.6 Å². The highest BCUT2D eigenvalue weighted by molar-refractivity contribution is 6.32. The summed E-state index contributed by atoms with van der Waals surface area (Å²) in [6, 6.07) is 3.05. The second-order valence-corrected chi connectivity index (χ2v) is 5.80. The predicted octanol–water partition coefficient (Wildman–Crippen LogP) is 2.83. The number of aryl methyl sites for hydroxylation is 1. The first-order chi connectivity index (χ1) is 11.2. The van der Waals surface area contributed by atoms with Crippen LogP contribution >= 0.6 is 11.6 Å². The molecule has 2 aromatic rings. The molecule has 1 aromatic carbocycles. The molecule has 0 amide bonds. The molecule has 1 aromatic heterocycles. The minimum absolute atomic E-state index is 0.155. The molecule has 128 valence electrons. The highest BCUT2D eigenvalue weighted by Crippen LogP contribution is 2.32. The molecule has 0 aliphatic carbocycles. The number of rotatable bonds is 5. The Hall–Kier alpha value is -2.34. The number of hydrogen-bond acceptors (Lipinski definition) is 6. The summed E-state index contributed by atoms with van der Waals surface area (Å²) < 4.78 is 15.3. The van der Waals surface area contributed by atoms with Gasteiger partial charge in [0.15, 0.2) is 11.9 Å². The molecule has 1 heterocycles. The Morgan fingerprint density at radius 1 is 1.33 bits per heavy atom. The van der Waals surface area contributed by atoms with Crippen LogP contribution in [0.1, 0.15) is 25.0 Å². The molecule has 0 bridgehead atoms. The minimum Gasteiger partial charge on any atom is -0.481 e. The van der Waals surface area contributed by atoms with E-state index < -0.39 is 17.7 Å². The van der Waals surface area contributed by atoms with Crippen molar-refractivity contribution in [3.8, 4) is 5.75 Å². The molecule has 0 spiro atoms. The largest absolute Gasteiger partial charge is 0.481 e.